The lowest BCUT2D eigenvalue weighted by Gasteiger charge is -2.30. The quantitative estimate of drug-likeness (QED) is 0.857. The zero-order valence-electron chi connectivity index (χ0n) is 11.6. The Bertz CT molecular complexity index is 462. The highest BCUT2D eigenvalue weighted by molar-refractivity contribution is 9.10. The van der Waals surface area contributed by atoms with E-state index in [9.17, 15) is 4.79 Å². The number of rotatable bonds is 5. The van der Waals surface area contributed by atoms with Crippen LogP contribution in [0, 0.1) is 0 Å². The lowest BCUT2D eigenvalue weighted by molar-refractivity contribution is -0.116. The second kappa shape index (κ2) is 7.61. The predicted octanol–water partition coefficient (Wildman–Crippen LogP) is 1.83. The number of hydrogen-bond donors (Lipinski definition) is 2. The molecule has 5 nitrogen and oxygen atoms in total. The third-order valence-corrected chi connectivity index (χ3v) is 3.68. The summed E-state index contributed by atoms with van der Waals surface area (Å²) in [4.78, 5) is 14.1. The summed E-state index contributed by atoms with van der Waals surface area (Å²) in [6.45, 7) is 3.82. The van der Waals surface area contributed by atoms with Gasteiger partial charge < -0.3 is 20.3 Å². The Kier molecular flexibility index (Phi) is 5.82. The van der Waals surface area contributed by atoms with Gasteiger partial charge in [-0.15, -0.1) is 0 Å². The molecule has 1 fully saturated rings. The predicted molar refractivity (Wildman–Crippen MR) is 84.3 cm³/mol. The smallest absolute Gasteiger partial charge is 0.225 e. The van der Waals surface area contributed by atoms with Gasteiger partial charge in [0.05, 0.1) is 24.6 Å². The van der Waals surface area contributed by atoms with Crippen molar-refractivity contribution in [2.24, 2.45) is 0 Å². The van der Waals surface area contributed by atoms with Gasteiger partial charge in [-0.1, -0.05) is 15.9 Å². The summed E-state index contributed by atoms with van der Waals surface area (Å²) < 4.78 is 6.33. The van der Waals surface area contributed by atoms with Crippen LogP contribution in [0.25, 0.3) is 0 Å². The summed E-state index contributed by atoms with van der Waals surface area (Å²) >= 11 is 3.46. The standard InChI is InChI=1S/C14H20BrN3O2/c1-16-5-4-14(19)17-12-10-11(15)2-3-13(12)18-6-8-20-9-7-18/h2-3,10,16H,4-9H2,1H3,(H,17,19). The molecule has 0 aliphatic carbocycles. The van der Waals surface area contributed by atoms with Crippen LogP contribution >= 0.6 is 15.9 Å². The maximum atomic E-state index is 11.9. The minimum Gasteiger partial charge on any atom is -0.378 e. The minimum absolute atomic E-state index is 0.0203. The van der Waals surface area contributed by atoms with E-state index in [1.54, 1.807) is 0 Å². The van der Waals surface area contributed by atoms with Gasteiger partial charge in [-0.2, -0.15) is 0 Å². The highest BCUT2D eigenvalue weighted by Gasteiger charge is 2.16. The minimum atomic E-state index is 0.0203. The van der Waals surface area contributed by atoms with Crippen molar-refractivity contribution in [3.63, 3.8) is 0 Å². The first-order valence-electron chi connectivity index (χ1n) is 6.77. The van der Waals surface area contributed by atoms with E-state index in [1.807, 2.05) is 25.2 Å². The highest BCUT2D eigenvalue weighted by atomic mass is 79.9. The summed E-state index contributed by atoms with van der Waals surface area (Å²) in [5.41, 5.74) is 1.90. The second-order valence-electron chi connectivity index (χ2n) is 4.66. The first-order valence-corrected chi connectivity index (χ1v) is 7.56. The Morgan fingerprint density at radius 2 is 2.15 bits per heavy atom. The number of ether oxygens (including phenoxy) is 1. The first kappa shape index (κ1) is 15.3. The molecule has 2 N–H and O–H groups in total. The Hall–Kier alpha value is -1.11. The van der Waals surface area contributed by atoms with E-state index < -0.39 is 0 Å². The summed E-state index contributed by atoms with van der Waals surface area (Å²) in [6.07, 6.45) is 0.464. The number of nitrogens with zero attached hydrogens (tertiary/aromatic N) is 1. The molecule has 1 heterocycles. The van der Waals surface area contributed by atoms with Gasteiger partial charge in [-0.25, -0.2) is 0 Å². The van der Waals surface area contributed by atoms with Crippen molar-refractivity contribution in [3.05, 3.63) is 22.7 Å². The van der Waals surface area contributed by atoms with Gasteiger partial charge in [0.15, 0.2) is 0 Å². The SMILES string of the molecule is CNCCC(=O)Nc1cc(Br)ccc1N1CCOCC1. The van der Waals surface area contributed by atoms with Crippen LogP contribution in [-0.2, 0) is 9.53 Å². The van der Waals surface area contributed by atoms with Crippen molar-refractivity contribution in [2.45, 2.75) is 6.42 Å². The van der Waals surface area contributed by atoms with Crippen LogP contribution in [0.15, 0.2) is 22.7 Å². The van der Waals surface area contributed by atoms with E-state index in [2.05, 4.69) is 31.5 Å². The molecule has 0 radical (unpaired) electrons. The molecule has 20 heavy (non-hydrogen) atoms. The number of carbonyl (C=O) groups is 1. The van der Waals surface area contributed by atoms with Crippen LogP contribution in [0.4, 0.5) is 11.4 Å². The van der Waals surface area contributed by atoms with E-state index in [0.717, 1.165) is 42.2 Å². The summed E-state index contributed by atoms with van der Waals surface area (Å²) in [5, 5.41) is 5.97. The molecule has 110 valence electrons. The molecule has 0 saturated carbocycles. The van der Waals surface area contributed by atoms with E-state index in [1.165, 1.54) is 0 Å². The third-order valence-electron chi connectivity index (χ3n) is 3.19. The monoisotopic (exact) mass is 341 g/mol. The Morgan fingerprint density at radius 3 is 2.85 bits per heavy atom. The van der Waals surface area contributed by atoms with Crippen molar-refractivity contribution in [2.75, 3.05) is 50.1 Å². The molecule has 1 saturated heterocycles. The van der Waals surface area contributed by atoms with Crippen molar-refractivity contribution in [1.29, 1.82) is 0 Å². The number of benzene rings is 1. The van der Waals surface area contributed by atoms with E-state index in [0.29, 0.717) is 13.0 Å². The molecular weight excluding hydrogens is 322 g/mol. The summed E-state index contributed by atoms with van der Waals surface area (Å²) in [6, 6.07) is 5.97. The molecule has 1 aliphatic heterocycles. The van der Waals surface area contributed by atoms with Gasteiger partial charge in [-0.05, 0) is 25.2 Å². The van der Waals surface area contributed by atoms with Gasteiger partial charge in [0.2, 0.25) is 5.91 Å². The van der Waals surface area contributed by atoms with Gasteiger partial charge in [0.1, 0.15) is 0 Å². The molecule has 1 aromatic rings. The number of hydrogen-bond acceptors (Lipinski definition) is 4. The molecule has 0 unspecified atom stereocenters. The van der Waals surface area contributed by atoms with Crippen molar-refractivity contribution in [3.8, 4) is 0 Å². The fourth-order valence-corrected chi connectivity index (χ4v) is 2.50. The van der Waals surface area contributed by atoms with Crippen LogP contribution < -0.4 is 15.5 Å². The summed E-state index contributed by atoms with van der Waals surface area (Å²) in [7, 11) is 1.84. The molecule has 1 amide bonds. The van der Waals surface area contributed by atoms with Gasteiger partial charge in [-0.3, -0.25) is 4.79 Å². The number of nitrogens with one attached hydrogen (secondary N) is 2. The van der Waals surface area contributed by atoms with Crippen LogP contribution in [0.2, 0.25) is 0 Å². The average Bonchev–Trinajstić information content (AvgIpc) is 2.46. The molecule has 1 aromatic carbocycles. The fraction of sp³-hybridized carbons (Fsp3) is 0.500. The molecule has 0 spiro atoms. The molecule has 6 heteroatoms. The lowest BCUT2D eigenvalue weighted by atomic mass is 10.2. The van der Waals surface area contributed by atoms with Crippen molar-refractivity contribution < 1.29 is 9.53 Å². The number of halogens is 1. The van der Waals surface area contributed by atoms with Crippen LogP contribution in [0.3, 0.4) is 0 Å². The van der Waals surface area contributed by atoms with Gasteiger partial charge >= 0.3 is 0 Å². The number of morpholine rings is 1. The number of anilines is 2. The second-order valence-corrected chi connectivity index (χ2v) is 5.58. The maximum absolute atomic E-state index is 11.9. The normalized spacial score (nSPS) is 15.2. The van der Waals surface area contributed by atoms with E-state index >= 15 is 0 Å². The Labute approximate surface area is 127 Å². The van der Waals surface area contributed by atoms with Crippen molar-refractivity contribution in [1.82, 2.24) is 5.32 Å². The summed E-state index contributed by atoms with van der Waals surface area (Å²) in [5.74, 6) is 0.0203. The van der Waals surface area contributed by atoms with E-state index in [-0.39, 0.29) is 5.91 Å². The number of amides is 1. The van der Waals surface area contributed by atoms with Crippen molar-refractivity contribution >= 4 is 33.2 Å². The zero-order chi connectivity index (χ0) is 14.4. The lowest BCUT2D eigenvalue weighted by Crippen LogP contribution is -2.36. The molecule has 0 atom stereocenters. The van der Waals surface area contributed by atoms with Gasteiger partial charge in [0.25, 0.3) is 0 Å². The van der Waals surface area contributed by atoms with Gasteiger partial charge in [0, 0.05) is 30.5 Å². The van der Waals surface area contributed by atoms with Crippen LogP contribution in [0.1, 0.15) is 6.42 Å². The largest absolute Gasteiger partial charge is 0.378 e. The molecule has 0 aromatic heterocycles. The van der Waals surface area contributed by atoms with E-state index in [4.69, 9.17) is 4.74 Å². The average molecular weight is 342 g/mol. The molecule has 0 bridgehead atoms. The Morgan fingerprint density at radius 1 is 1.40 bits per heavy atom. The highest BCUT2D eigenvalue weighted by Crippen LogP contribution is 2.30. The molecular formula is C14H20BrN3O2. The first-order chi connectivity index (χ1) is 9.70. The fourth-order valence-electron chi connectivity index (χ4n) is 2.14. The zero-order valence-corrected chi connectivity index (χ0v) is 13.2. The third kappa shape index (κ3) is 4.19. The van der Waals surface area contributed by atoms with Crippen LogP contribution in [-0.4, -0.2) is 45.8 Å². The Balaban J connectivity index is 2.12. The maximum Gasteiger partial charge on any atom is 0.225 e. The molecule has 2 rings (SSSR count). The number of carbonyl (C=O) groups excluding carboxylic acids is 1. The topological polar surface area (TPSA) is 53.6 Å². The molecule has 1 aliphatic rings. The van der Waals surface area contributed by atoms with Crippen LogP contribution in [0.5, 0.6) is 0 Å².